The monoisotopic (exact) mass is 328 g/mol. The maximum atomic E-state index is 12.9. The second kappa shape index (κ2) is 5.37. The van der Waals surface area contributed by atoms with Crippen molar-refractivity contribution in [2.75, 3.05) is 17.7 Å². The van der Waals surface area contributed by atoms with Crippen LogP contribution in [0.25, 0.3) is 0 Å². The minimum Gasteiger partial charge on any atom is -0.383 e. The van der Waals surface area contributed by atoms with Gasteiger partial charge in [0.15, 0.2) is 0 Å². The number of aromatic amines is 1. The van der Waals surface area contributed by atoms with Crippen LogP contribution in [0, 0.1) is 6.92 Å². The van der Waals surface area contributed by atoms with Crippen LogP contribution in [0.3, 0.4) is 0 Å². The van der Waals surface area contributed by atoms with E-state index in [1.54, 1.807) is 0 Å². The van der Waals surface area contributed by atoms with Crippen LogP contribution >= 0.6 is 0 Å². The third kappa shape index (κ3) is 2.81. The van der Waals surface area contributed by atoms with Gasteiger partial charge >= 0.3 is 6.18 Å². The maximum absolute atomic E-state index is 12.9. The molecule has 0 bridgehead atoms. The number of halogens is 3. The Morgan fingerprint density at radius 3 is 2.65 bits per heavy atom. The van der Waals surface area contributed by atoms with Gasteiger partial charge in [-0.15, -0.1) is 0 Å². The van der Waals surface area contributed by atoms with Crippen LogP contribution in [-0.4, -0.2) is 32.9 Å². The first-order valence-electron chi connectivity index (χ1n) is 6.90. The Hall–Kier alpha value is -2.36. The number of ether oxygens (including phenoxy) is 1. The minimum absolute atomic E-state index is 0.0106. The molecule has 7 nitrogen and oxygen atoms in total. The summed E-state index contributed by atoms with van der Waals surface area (Å²) in [4.78, 5) is 7.54. The van der Waals surface area contributed by atoms with E-state index in [-0.39, 0.29) is 23.7 Å². The van der Waals surface area contributed by atoms with Gasteiger partial charge in [-0.1, -0.05) is 0 Å². The molecule has 0 radical (unpaired) electrons. The Kier molecular flexibility index (Phi) is 3.63. The molecule has 3 rings (SSSR count). The van der Waals surface area contributed by atoms with E-state index in [0.717, 1.165) is 5.69 Å². The van der Waals surface area contributed by atoms with Gasteiger partial charge in [0.1, 0.15) is 11.4 Å². The summed E-state index contributed by atoms with van der Waals surface area (Å²) in [6, 6.07) is 0. The number of aromatic nitrogens is 4. The summed E-state index contributed by atoms with van der Waals surface area (Å²) in [5.74, 6) is -0.491. The lowest BCUT2D eigenvalue weighted by Gasteiger charge is -2.33. The van der Waals surface area contributed by atoms with Crippen molar-refractivity contribution in [1.82, 2.24) is 20.2 Å². The Labute approximate surface area is 129 Å². The number of nitrogens with zero attached hydrogens (tertiary/aromatic N) is 3. The molecule has 1 aliphatic rings. The zero-order valence-electron chi connectivity index (χ0n) is 12.4. The summed E-state index contributed by atoms with van der Waals surface area (Å²) in [7, 11) is 0. The molecule has 0 saturated carbocycles. The number of nitrogens with two attached hydrogens (primary N) is 1. The van der Waals surface area contributed by atoms with Gasteiger partial charge in [-0.25, -0.2) is 4.98 Å². The summed E-state index contributed by atoms with van der Waals surface area (Å²) in [6.07, 6.45) is -3.03. The number of H-pyrrole nitrogens is 1. The maximum Gasteiger partial charge on any atom is 0.421 e. The fraction of sp³-hybridized carbons (Fsp3) is 0.462. The first kappa shape index (κ1) is 15.5. The predicted octanol–water partition coefficient (Wildman–Crippen LogP) is 2.36. The lowest BCUT2D eigenvalue weighted by Crippen LogP contribution is -2.35. The van der Waals surface area contributed by atoms with Gasteiger partial charge in [-0.3, -0.25) is 5.10 Å². The van der Waals surface area contributed by atoms with E-state index in [4.69, 9.17) is 10.5 Å². The largest absolute Gasteiger partial charge is 0.421 e. The fourth-order valence-corrected chi connectivity index (χ4v) is 2.50. The fourth-order valence-electron chi connectivity index (χ4n) is 2.50. The van der Waals surface area contributed by atoms with Gasteiger partial charge in [0.2, 0.25) is 5.95 Å². The van der Waals surface area contributed by atoms with Crippen LogP contribution < -0.4 is 11.1 Å². The summed E-state index contributed by atoms with van der Waals surface area (Å²) < 4.78 is 43.9. The third-order valence-electron chi connectivity index (χ3n) is 3.79. The van der Waals surface area contributed by atoms with Gasteiger partial charge in [-0.2, -0.15) is 23.3 Å². The number of hydrogen-bond donors (Lipinski definition) is 3. The molecule has 1 aliphatic heterocycles. The highest BCUT2D eigenvalue weighted by Crippen LogP contribution is 2.37. The van der Waals surface area contributed by atoms with Crippen LogP contribution in [0.2, 0.25) is 0 Å². The van der Waals surface area contributed by atoms with E-state index >= 15 is 0 Å². The Morgan fingerprint density at radius 2 is 2.13 bits per heavy atom. The van der Waals surface area contributed by atoms with Gasteiger partial charge in [-0.05, 0) is 13.8 Å². The summed E-state index contributed by atoms with van der Waals surface area (Å²) in [5, 5.41) is 9.68. The van der Waals surface area contributed by atoms with Gasteiger partial charge in [0.05, 0.1) is 41.9 Å². The van der Waals surface area contributed by atoms with Gasteiger partial charge in [0, 0.05) is 0 Å². The van der Waals surface area contributed by atoms with Crippen molar-refractivity contribution in [1.29, 1.82) is 0 Å². The van der Waals surface area contributed by atoms with Crippen molar-refractivity contribution in [2.45, 2.75) is 32.0 Å². The van der Waals surface area contributed by atoms with E-state index in [9.17, 15) is 13.2 Å². The quantitative estimate of drug-likeness (QED) is 0.799. The van der Waals surface area contributed by atoms with E-state index < -0.39 is 17.6 Å². The van der Waals surface area contributed by atoms with Gasteiger partial charge < -0.3 is 15.8 Å². The molecule has 0 aliphatic carbocycles. The SMILES string of the molecule is Cc1nc(Nc2cn[nH]c2C2COC2C)nc(N)c1C(F)(F)F. The number of anilines is 3. The smallest absolute Gasteiger partial charge is 0.383 e. The lowest BCUT2D eigenvalue weighted by atomic mass is 9.95. The molecule has 4 N–H and O–H groups in total. The minimum atomic E-state index is -4.59. The van der Waals surface area contributed by atoms with Crippen LogP contribution in [-0.2, 0) is 10.9 Å². The molecular formula is C13H15F3N6O. The molecule has 23 heavy (non-hydrogen) atoms. The van der Waals surface area contributed by atoms with Crippen molar-refractivity contribution in [3.8, 4) is 0 Å². The number of alkyl halides is 3. The van der Waals surface area contributed by atoms with Crippen LogP contribution in [0.5, 0.6) is 0 Å². The number of aryl methyl sites for hydroxylation is 1. The molecule has 0 aromatic carbocycles. The highest BCUT2D eigenvalue weighted by Gasteiger charge is 2.37. The summed E-state index contributed by atoms with van der Waals surface area (Å²) >= 11 is 0. The van der Waals surface area contributed by atoms with Crippen molar-refractivity contribution >= 4 is 17.5 Å². The van der Waals surface area contributed by atoms with E-state index in [0.29, 0.717) is 12.3 Å². The topological polar surface area (TPSA) is 102 Å². The third-order valence-corrected chi connectivity index (χ3v) is 3.79. The highest BCUT2D eigenvalue weighted by molar-refractivity contribution is 5.59. The van der Waals surface area contributed by atoms with Crippen molar-refractivity contribution in [3.63, 3.8) is 0 Å². The molecule has 2 aromatic heterocycles. The van der Waals surface area contributed by atoms with Gasteiger partial charge in [0.25, 0.3) is 0 Å². The second-order valence-electron chi connectivity index (χ2n) is 5.36. The second-order valence-corrected chi connectivity index (χ2v) is 5.36. The van der Waals surface area contributed by atoms with Crippen LogP contribution in [0.4, 0.5) is 30.6 Å². The average Bonchev–Trinajstić information content (AvgIpc) is 2.82. The molecule has 1 fully saturated rings. The molecule has 0 spiro atoms. The van der Waals surface area contributed by atoms with Crippen LogP contribution in [0.15, 0.2) is 6.20 Å². The normalized spacial score (nSPS) is 21.1. The predicted molar refractivity (Wildman–Crippen MR) is 76.2 cm³/mol. The first-order valence-corrected chi connectivity index (χ1v) is 6.90. The van der Waals surface area contributed by atoms with Crippen molar-refractivity contribution in [3.05, 3.63) is 23.1 Å². The summed E-state index contributed by atoms with van der Waals surface area (Å²) in [5.41, 5.74) is 5.57. The van der Waals surface area contributed by atoms with E-state index in [1.165, 1.54) is 13.1 Å². The number of nitrogen functional groups attached to an aromatic ring is 1. The zero-order valence-corrected chi connectivity index (χ0v) is 12.4. The number of nitrogens with one attached hydrogen (secondary N) is 2. The molecule has 2 atom stereocenters. The van der Waals surface area contributed by atoms with E-state index in [2.05, 4.69) is 25.5 Å². The molecule has 124 valence electrons. The highest BCUT2D eigenvalue weighted by atomic mass is 19.4. The lowest BCUT2D eigenvalue weighted by molar-refractivity contribution is -0.137. The molecule has 1 saturated heterocycles. The first-order chi connectivity index (χ1) is 10.8. The number of hydrogen-bond acceptors (Lipinski definition) is 6. The van der Waals surface area contributed by atoms with Crippen molar-refractivity contribution < 1.29 is 17.9 Å². The molecule has 0 amide bonds. The zero-order chi connectivity index (χ0) is 16.8. The Morgan fingerprint density at radius 1 is 1.39 bits per heavy atom. The molecular weight excluding hydrogens is 313 g/mol. The van der Waals surface area contributed by atoms with E-state index in [1.807, 2.05) is 6.92 Å². The Balaban J connectivity index is 1.89. The Bertz CT molecular complexity index is 706. The molecule has 10 heteroatoms. The average molecular weight is 328 g/mol. The molecule has 2 unspecified atom stereocenters. The standard InChI is InChI=1S/C13H15F3N6O/c1-5-9(13(14,15)16)11(17)21-12(19-5)20-8-3-18-22-10(8)7-4-23-6(7)2/h3,6-7H,4H2,1-2H3,(H,18,22)(H3,17,19,20,21). The molecule has 2 aromatic rings. The number of rotatable bonds is 3. The molecule has 3 heterocycles. The summed E-state index contributed by atoms with van der Waals surface area (Å²) in [6.45, 7) is 3.72. The van der Waals surface area contributed by atoms with Crippen LogP contribution in [0.1, 0.15) is 29.8 Å². The van der Waals surface area contributed by atoms with Crippen molar-refractivity contribution in [2.24, 2.45) is 0 Å².